The second-order valence-corrected chi connectivity index (χ2v) is 2.75. The molecule has 0 aromatic carbocycles. The largest absolute Gasteiger partial charge is 0.370 e. The van der Waals surface area contributed by atoms with Gasteiger partial charge in [-0.3, -0.25) is 0 Å². The molecule has 0 radical (unpaired) electrons. The predicted molar refractivity (Wildman–Crippen MR) is 57.9 cm³/mol. The van der Waals surface area contributed by atoms with E-state index >= 15 is 0 Å². The lowest BCUT2D eigenvalue weighted by atomic mass is 10.8. The van der Waals surface area contributed by atoms with Gasteiger partial charge >= 0.3 is 11.9 Å². The van der Waals surface area contributed by atoms with Crippen molar-refractivity contribution in [1.29, 1.82) is 0 Å². The number of carbonyl (C=O) groups excluding carboxylic acids is 2. The van der Waals surface area contributed by atoms with Gasteiger partial charge in [-0.05, 0) is 0 Å². The molecule has 14 heavy (non-hydrogen) atoms. The predicted octanol–water partition coefficient (Wildman–Crippen LogP) is 0.118. The molecule has 0 heterocycles. The van der Waals surface area contributed by atoms with Gasteiger partial charge in [0.15, 0.2) is 0 Å². The van der Waals surface area contributed by atoms with Crippen molar-refractivity contribution in [2.75, 3.05) is 24.8 Å². The number of halogens is 2. The Balaban J connectivity index is 0. The van der Waals surface area contributed by atoms with Crippen LogP contribution in [0.1, 0.15) is 0 Å². The number of hydrogen-bond acceptors (Lipinski definition) is 6. The quantitative estimate of drug-likeness (QED) is 0.561. The molecule has 0 aliphatic rings. The van der Waals surface area contributed by atoms with Crippen LogP contribution in [0.3, 0.4) is 0 Å². The summed E-state index contributed by atoms with van der Waals surface area (Å²) in [5, 5.41) is 0.460. The van der Waals surface area contributed by atoms with Gasteiger partial charge in [0, 0.05) is 14.1 Å². The van der Waals surface area contributed by atoms with Crippen molar-refractivity contribution in [3.05, 3.63) is 0 Å². The third kappa shape index (κ3) is 14.3. The van der Waals surface area contributed by atoms with Crippen LogP contribution in [0.2, 0.25) is 0 Å². The minimum absolute atomic E-state index is 0.230. The van der Waals surface area contributed by atoms with Gasteiger partial charge in [-0.2, -0.15) is 11.0 Å². The van der Waals surface area contributed by atoms with Crippen molar-refractivity contribution in [2.45, 2.75) is 0 Å². The van der Waals surface area contributed by atoms with E-state index in [1.807, 2.05) is 0 Å². The first-order valence-electron chi connectivity index (χ1n) is 3.47. The molecule has 0 saturated heterocycles. The van der Waals surface area contributed by atoms with Crippen LogP contribution in [-0.4, -0.2) is 36.7 Å². The molecule has 0 spiro atoms. The maximum atomic E-state index is 10.1. The molecule has 6 nitrogen and oxygen atoms in total. The van der Waals surface area contributed by atoms with Crippen LogP contribution in [-0.2, 0) is 19.3 Å². The van der Waals surface area contributed by atoms with Crippen LogP contribution in [0.5, 0.6) is 0 Å². The molecular weight excluding hydrogens is 324 g/mol. The Hall–Kier alpha value is -0.180. The highest BCUT2D eigenvalue weighted by Crippen LogP contribution is 1.80. The summed E-state index contributed by atoms with van der Waals surface area (Å²) in [6, 6.07) is 0. The molecule has 0 rings (SSSR count). The minimum atomic E-state index is -0.317. The van der Waals surface area contributed by atoms with E-state index in [1.54, 1.807) is 0 Å². The Kier molecular flexibility index (Phi) is 14.9. The summed E-state index contributed by atoms with van der Waals surface area (Å²) in [6.45, 7) is 0. The van der Waals surface area contributed by atoms with Crippen molar-refractivity contribution >= 4 is 43.8 Å². The first-order valence-corrected chi connectivity index (χ1v) is 5.71. The molecule has 0 aliphatic carbocycles. The number of alkyl halides is 2. The zero-order chi connectivity index (χ0) is 11.4. The van der Waals surface area contributed by atoms with Crippen molar-refractivity contribution in [3.63, 3.8) is 0 Å². The average Bonchev–Trinajstić information content (AvgIpc) is 2.19. The van der Waals surface area contributed by atoms with Gasteiger partial charge in [0.2, 0.25) is 0 Å². The summed E-state index contributed by atoms with van der Waals surface area (Å²) in [5.74, 6) is -0.634. The lowest BCUT2D eigenvalue weighted by Crippen LogP contribution is -2.15. The monoisotopic (exact) mass is 334 g/mol. The number of rotatable bonds is 4. The molecular formula is C6H12Br2N2O4. The van der Waals surface area contributed by atoms with E-state index in [0.29, 0.717) is 0 Å². The normalized spacial score (nSPS) is 8.29. The molecule has 2 N–H and O–H groups in total. The van der Waals surface area contributed by atoms with Crippen molar-refractivity contribution in [3.8, 4) is 0 Å². The van der Waals surface area contributed by atoms with Crippen molar-refractivity contribution < 1.29 is 19.3 Å². The Morgan fingerprint density at radius 1 is 1.00 bits per heavy atom. The summed E-state index contributed by atoms with van der Waals surface area (Å²) >= 11 is 5.80. The molecule has 0 saturated carbocycles. The van der Waals surface area contributed by atoms with E-state index in [9.17, 15) is 9.59 Å². The molecule has 8 heteroatoms. The number of carbonyl (C=O) groups is 2. The SMILES string of the molecule is CNOC(=O)CBr.CNOC(=O)CBr. The fourth-order valence-electron chi connectivity index (χ4n) is 0.282. The highest BCUT2D eigenvalue weighted by atomic mass is 79.9. The standard InChI is InChI=1S/2C3H6BrNO2/c2*1-5-7-3(6)2-4/h2*5H,2H2,1H3. The van der Waals surface area contributed by atoms with Crippen LogP contribution in [0.4, 0.5) is 0 Å². The van der Waals surface area contributed by atoms with Crippen LogP contribution in [0, 0.1) is 0 Å². The third-order valence-corrected chi connectivity index (χ3v) is 1.57. The molecule has 0 bridgehead atoms. The van der Waals surface area contributed by atoms with Gasteiger partial charge in [-0.25, -0.2) is 9.59 Å². The Morgan fingerprint density at radius 3 is 1.36 bits per heavy atom. The van der Waals surface area contributed by atoms with Gasteiger partial charge in [-0.15, -0.1) is 0 Å². The van der Waals surface area contributed by atoms with E-state index in [1.165, 1.54) is 14.1 Å². The minimum Gasteiger partial charge on any atom is -0.370 e. The second-order valence-electron chi connectivity index (χ2n) is 1.62. The van der Waals surface area contributed by atoms with Crippen molar-refractivity contribution in [2.24, 2.45) is 0 Å². The molecule has 0 atom stereocenters. The molecule has 0 aliphatic heterocycles. The third-order valence-electron chi connectivity index (χ3n) is 0.650. The Morgan fingerprint density at radius 2 is 1.29 bits per heavy atom. The Labute approximate surface area is 98.9 Å². The lowest BCUT2D eigenvalue weighted by Gasteiger charge is -1.93. The van der Waals surface area contributed by atoms with E-state index < -0.39 is 0 Å². The van der Waals surface area contributed by atoms with Crippen molar-refractivity contribution in [1.82, 2.24) is 11.0 Å². The van der Waals surface area contributed by atoms with Gasteiger partial charge < -0.3 is 9.68 Å². The molecule has 0 unspecified atom stereocenters. The fourth-order valence-corrected chi connectivity index (χ4v) is 0.511. The second kappa shape index (κ2) is 12.8. The molecule has 84 valence electrons. The maximum Gasteiger partial charge on any atom is 0.335 e. The first kappa shape index (κ1) is 16.3. The summed E-state index contributed by atoms with van der Waals surface area (Å²) in [5.41, 5.74) is 4.48. The van der Waals surface area contributed by atoms with Gasteiger partial charge in [0.25, 0.3) is 0 Å². The van der Waals surface area contributed by atoms with E-state index in [2.05, 4.69) is 52.5 Å². The highest BCUT2D eigenvalue weighted by Gasteiger charge is 1.93. The number of nitrogens with one attached hydrogen (secondary N) is 2. The van der Waals surface area contributed by atoms with Crippen LogP contribution >= 0.6 is 31.9 Å². The molecule has 0 aromatic heterocycles. The fraction of sp³-hybridized carbons (Fsp3) is 0.667. The summed E-state index contributed by atoms with van der Waals surface area (Å²) in [4.78, 5) is 28.7. The van der Waals surface area contributed by atoms with Gasteiger partial charge in [-0.1, -0.05) is 31.9 Å². The highest BCUT2D eigenvalue weighted by molar-refractivity contribution is 9.09. The van der Waals surface area contributed by atoms with E-state index in [-0.39, 0.29) is 22.6 Å². The van der Waals surface area contributed by atoms with E-state index in [4.69, 9.17) is 0 Å². The summed E-state index contributed by atoms with van der Waals surface area (Å²) < 4.78 is 0. The summed E-state index contributed by atoms with van der Waals surface area (Å²) in [6.07, 6.45) is 0. The number of hydroxylamine groups is 2. The maximum absolute atomic E-state index is 10.1. The van der Waals surface area contributed by atoms with Crippen LogP contribution < -0.4 is 11.0 Å². The molecule has 0 aromatic rings. The number of hydrogen-bond donors (Lipinski definition) is 2. The van der Waals surface area contributed by atoms with Gasteiger partial charge in [0.05, 0.1) is 0 Å². The Bertz CT molecular complexity index is 150. The zero-order valence-electron chi connectivity index (χ0n) is 7.80. The van der Waals surface area contributed by atoms with E-state index in [0.717, 1.165) is 0 Å². The lowest BCUT2D eigenvalue weighted by molar-refractivity contribution is -0.147. The van der Waals surface area contributed by atoms with Gasteiger partial charge in [0.1, 0.15) is 10.7 Å². The summed E-state index contributed by atoms with van der Waals surface area (Å²) in [7, 11) is 3.06. The molecule has 0 fully saturated rings. The topological polar surface area (TPSA) is 76.7 Å². The smallest absolute Gasteiger partial charge is 0.335 e. The molecule has 0 amide bonds. The first-order chi connectivity index (χ1) is 6.62. The zero-order valence-corrected chi connectivity index (χ0v) is 11.0. The average molecular weight is 336 g/mol. The van der Waals surface area contributed by atoms with Crippen LogP contribution in [0.25, 0.3) is 0 Å². The van der Waals surface area contributed by atoms with Crippen LogP contribution in [0.15, 0.2) is 0 Å².